The van der Waals surface area contributed by atoms with Crippen molar-refractivity contribution in [1.82, 2.24) is 4.98 Å². The molecule has 0 unspecified atom stereocenters. The normalized spacial score (nSPS) is 11.9. The fourth-order valence-electron chi connectivity index (χ4n) is 0.960. The first-order chi connectivity index (χ1) is 6.38. The molecule has 0 aromatic carbocycles. The van der Waals surface area contributed by atoms with Crippen LogP contribution in [0.15, 0.2) is 48.1 Å². The van der Waals surface area contributed by atoms with Crippen LogP contribution in [0.2, 0.25) is 0 Å². The molecule has 2 nitrogen and oxygen atoms in total. The summed E-state index contributed by atoms with van der Waals surface area (Å²) < 4.78 is 0. The topological polar surface area (TPSA) is 25.2 Å². The Morgan fingerprint density at radius 3 is 2.92 bits per heavy atom. The number of aromatic nitrogens is 1. The molecule has 0 saturated carbocycles. The molecule has 1 aromatic heterocycles. The molecule has 0 aliphatic heterocycles. The van der Waals surface area contributed by atoms with Gasteiger partial charge < -0.3 is 0 Å². The molecular weight excluding hydrogens is 160 g/mol. The summed E-state index contributed by atoms with van der Waals surface area (Å²) in [5.41, 5.74) is 1.69. The van der Waals surface area contributed by atoms with Crippen LogP contribution in [0.4, 0.5) is 0 Å². The minimum atomic E-state index is 0.832. The second-order valence-electron chi connectivity index (χ2n) is 2.39. The summed E-state index contributed by atoms with van der Waals surface area (Å²) in [6, 6.07) is 5.73. The van der Waals surface area contributed by atoms with E-state index in [1.807, 2.05) is 31.2 Å². The summed E-state index contributed by atoms with van der Waals surface area (Å²) in [6.45, 7) is 5.51. The van der Waals surface area contributed by atoms with E-state index in [2.05, 4.69) is 16.6 Å². The molecule has 0 saturated heterocycles. The number of aliphatic imine (C=N–C) groups is 1. The maximum Gasteiger partial charge on any atom is 0.0885 e. The van der Waals surface area contributed by atoms with Crippen LogP contribution >= 0.6 is 0 Å². The molecule has 1 rings (SSSR count). The van der Waals surface area contributed by atoms with Crippen molar-refractivity contribution in [3.05, 3.63) is 48.8 Å². The molecule has 0 amide bonds. The zero-order chi connectivity index (χ0) is 9.52. The summed E-state index contributed by atoms with van der Waals surface area (Å²) in [6.07, 6.45) is 7.03. The van der Waals surface area contributed by atoms with Crippen LogP contribution in [0.5, 0.6) is 0 Å². The van der Waals surface area contributed by atoms with Crippen molar-refractivity contribution in [2.45, 2.75) is 6.92 Å². The van der Waals surface area contributed by atoms with Gasteiger partial charge in [0, 0.05) is 12.4 Å². The zero-order valence-electron chi connectivity index (χ0n) is 7.64. The molecule has 0 radical (unpaired) electrons. The minimum Gasteiger partial charge on any atom is -0.259 e. The first kappa shape index (κ1) is 9.39. The van der Waals surface area contributed by atoms with Gasteiger partial charge in [-0.1, -0.05) is 18.7 Å². The summed E-state index contributed by atoms with van der Waals surface area (Å²) in [5, 5.41) is 0. The van der Waals surface area contributed by atoms with E-state index in [4.69, 9.17) is 0 Å². The molecule has 1 aromatic rings. The van der Waals surface area contributed by atoms with E-state index < -0.39 is 0 Å². The summed E-state index contributed by atoms with van der Waals surface area (Å²) in [7, 11) is 0. The van der Waals surface area contributed by atoms with Crippen molar-refractivity contribution in [3.63, 3.8) is 0 Å². The van der Waals surface area contributed by atoms with Crippen LogP contribution in [0, 0.1) is 0 Å². The quantitative estimate of drug-likeness (QED) is 0.508. The van der Waals surface area contributed by atoms with Crippen molar-refractivity contribution in [1.29, 1.82) is 0 Å². The molecule has 0 fully saturated rings. The van der Waals surface area contributed by atoms with E-state index >= 15 is 0 Å². The Morgan fingerprint density at radius 1 is 1.54 bits per heavy atom. The number of hydrogen-bond acceptors (Lipinski definition) is 2. The third kappa shape index (κ3) is 2.67. The highest BCUT2D eigenvalue weighted by molar-refractivity contribution is 5.71. The van der Waals surface area contributed by atoms with Gasteiger partial charge >= 0.3 is 0 Å². The maximum absolute atomic E-state index is 4.19. The third-order valence-electron chi connectivity index (χ3n) is 1.47. The molecule has 0 atom stereocenters. The van der Waals surface area contributed by atoms with Crippen LogP contribution in [0.25, 0.3) is 5.70 Å². The fourth-order valence-corrected chi connectivity index (χ4v) is 0.960. The zero-order valence-corrected chi connectivity index (χ0v) is 7.64. The Balaban J connectivity index is 3.03. The largest absolute Gasteiger partial charge is 0.259 e. The summed E-state index contributed by atoms with van der Waals surface area (Å²) in [5.74, 6) is 0. The Morgan fingerprint density at radius 2 is 2.38 bits per heavy atom. The van der Waals surface area contributed by atoms with E-state index in [0.29, 0.717) is 0 Å². The smallest absolute Gasteiger partial charge is 0.0885 e. The Kier molecular flexibility index (Phi) is 3.64. The van der Waals surface area contributed by atoms with Gasteiger partial charge in [0.05, 0.1) is 11.4 Å². The van der Waals surface area contributed by atoms with E-state index in [0.717, 1.165) is 11.4 Å². The van der Waals surface area contributed by atoms with Crippen LogP contribution in [0.3, 0.4) is 0 Å². The fraction of sp³-hybridized carbons (Fsp3) is 0.0909. The second-order valence-corrected chi connectivity index (χ2v) is 2.39. The average molecular weight is 172 g/mol. The minimum absolute atomic E-state index is 0.832. The number of nitrogens with zero attached hydrogens (tertiary/aromatic N) is 2. The van der Waals surface area contributed by atoms with Crippen molar-refractivity contribution in [3.8, 4) is 0 Å². The van der Waals surface area contributed by atoms with Gasteiger partial charge in [0.2, 0.25) is 0 Å². The SMILES string of the molecule is C=C/C=C(\N=C/C)c1ccccn1. The number of pyridine rings is 1. The van der Waals surface area contributed by atoms with Gasteiger partial charge in [0.15, 0.2) is 0 Å². The Bertz CT molecular complexity index is 323. The van der Waals surface area contributed by atoms with Crippen molar-refractivity contribution in [2.75, 3.05) is 0 Å². The summed E-state index contributed by atoms with van der Waals surface area (Å²) in [4.78, 5) is 8.37. The Labute approximate surface area is 78.4 Å². The molecule has 0 N–H and O–H groups in total. The van der Waals surface area contributed by atoms with Crippen molar-refractivity contribution in [2.24, 2.45) is 4.99 Å². The molecule has 2 heteroatoms. The Hall–Kier alpha value is -1.70. The predicted octanol–water partition coefficient (Wildman–Crippen LogP) is 2.70. The highest BCUT2D eigenvalue weighted by Gasteiger charge is 1.96. The monoisotopic (exact) mass is 172 g/mol. The lowest BCUT2D eigenvalue weighted by Crippen LogP contribution is -1.84. The molecule has 0 spiro atoms. The average Bonchev–Trinajstić information content (AvgIpc) is 2.19. The number of allylic oxidation sites excluding steroid dienone is 2. The van der Waals surface area contributed by atoms with Gasteiger partial charge in [0.1, 0.15) is 0 Å². The van der Waals surface area contributed by atoms with Gasteiger partial charge in [-0.05, 0) is 25.1 Å². The molecule has 0 aliphatic carbocycles. The second kappa shape index (κ2) is 5.04. The maximum atomic E-state index is 4.19. The van der Waals surface area contributed by atoms with Crippen LogP contribution in [0.1, 0.15) is 12.6 Å². The molecule has 1 heterocycles. The number of hydrogen-bond donors (Lipinski definition) is 0. The van der Waals surface area contributed by atoms with E-state index in [-0.39, 0.29) is 0 Å². The molecule has 13 heavy (non-hydrogen) atoms. The highest BCUT2D eigenvalue weighted by Crippen LogP contribution is 2.11. The van der Waals surface area contributed by atoms with Gasteiger partial charge in [-0.15, -0.1) is 0 Å². The highest BCUT2D eigenvalue weighted by atomic mass is 14.8. The lowest BCUT2D eigenvalue weighted by atomic mass is 10.2. The third-order valence-corrected chi connectivity index (χ3v) is 1.47. The van der Waals surface area contributed by atoms with Crippen LogP contribution in [-0.2, 0) is 0 Å². The molecule has 0 bridgehead atoms. The van der Waals surface area contributed by atoms with Crippen molar-refractivity contribution < 1.29 is 0 Å². The first-order valence-electron chi connectivity index (χ1n) is 4.11. The molecule has 66 valence electrons. The molecular formula is C11H12N2. The van der Waals surface area contributed by atoms with Gasteiger partial charge in [-0.3, -0.25) is 9.98 Å². The van der Waals surface area contributed by atoms with Crippen molar-refractivity contribution >= 4 is 11.9 Å². The van der Waals surface area contributed by atoms with E-state index in [1.165, 1.54) is 0 Å². The molecule has 0 aliphatic rings. The van der Waals surface area contributed by atoms with Gasteiger partial charge in [0.25, 0.3) is 0 Å². The lowest BCUT2D eigenvalue weighted by Gasteiger charge is -1.97. The lowest BCUT2D eigenvalue weighted by molar-refractivity contribution is 1.26. The van der Waals surface area contributed by atoms with E-state index in [9.17, 15) is 0 Å². The summed E-state index contributed by atoms with van der Waals surface area (Å²) >= 11 is 0. The van der Waals surface area contributed by atoms with E-state index in [1.54, 1.807) is 18.5 Å². The standard InChI is InChI=1S/C11H12N2/c1-3-7-10(12-4-2)11-8-5-6-9-13-11/h3-9H,1H2,2H3/b10-7-,12-4-. The van der Waals surface area contributed by atoms with Gasteiger partial charge in [-0.25, -0.2) is 0 Å². The van der Waals surface area contributed by atoms with Gasteiger partial charge in [-0.2, -0.15) is 0 Å². The van der Waals surface area contributed by atoms with Crippen LogP contribution < -0.4 is 0 Å². The number of rotatable bonds is 3. The first-order valence-corrected chi connectivity index (χ1v) is 4.11. The predicted molar refractivity (Wildman–Crippen MR) is 56.6 cm³/mol. The van der Waals surface area contributed by atoms with Crippen LogP contribution in [-0.4, -0.2) is 11.2 Å².